The molecule has 0 aromatic heterocycles. The monoisotopic (exact) mass is 419 g/mol. The second-order valence-corrected chi connectivity index (χ2v) is 12.6. The molecule has 0 bridgehead atoms. The van der Waals surface area contributed by atoms with Gasteiger partial charge in [-0.15, -0.1) is 0 Å². The lowest BCUT2D eigenvalue weighted by Crippen LogP contribution is -2.67. The standard InChI is InChI=1S/C22H33NO5Si/c1-22(2,3)29(16-10-6-4-7-11-16,17-12-8-5-9-13-17)28-15-19(25)21(27)20(26)18(24)14-23/h4-13,18-21,24-27H,14-15,23H2,1-3H3/t18-,19+,20+,21+/m0/s1. The van der Waals surface area contributed by atoms with Crippen molar-refractivity contribution in [1.82, 2.24) is 0 Å². The smallest absolute Gasteiger partial charge is 0.261 e. The van der Waals surface area contributed by atoms with Gasteiger partial charge < -0.3 is 30.6 Å². The van der Waals surface area contributed by atoms with Crippen LogP contribution in [0.3, 0.4) is 0 Å². The van der Waals surface area contributed by atoms with E-state index < -0.39 is 32.7 Å². The van der Waals surface area contributed by atoms with E-state index in [1.54, 1.807) is 0 Å². The highest BCUT2D eigenvalue weighted by atomic mass is 28.4. The summed E-state index contributed by atoms with van der Waals surface area (Å²) in [6.45, 7) is 5.91. The van der Waals surface area contributed by atoms with Gasteiger partial charge in [-0.1, -0.05) is 81.4 Å². The van der Waals surface area contributed by atoms with Crippen LogP contribution in [0.5, 0.6) is 0 Å². The van der Waals surface area contributed by atoms with Gasteiger partial charge in [0.05, 0.1) is 12.7 Å². The van der Waals surface area contributed by atoms with Crippen LogP contribution in [0.2, 0.25) is 5.04 Å². The molecule has 2 aromatic carbocycles. The molecule has 0 unspecified atom stereocenters. The number of hydrogen-bond acceptors (Lipinski definition) is 6. The molecule has 0 heterocycles. The van der Waals surface area contributed by atoms with Crippen molar-refractivity contribution in [3.63, 3.8) is 0 Å². The van der Waals surface area contributed by atoms with Crippen molar-refractivity contribution in [2.45, 2.75) is 50.2 Å². The third kappa shape index (κ3) is 5.13. The highest BCUT2D eigenvalue weighted by Gasteiger charge is 2.50. The van der Waals surface area contributed by atoms with Gasteiger partial charge in [-0.25, -0.2) is 0 Å². The maximum Gasteiger partial charge on any atom is 0.261 e. The molecule has 4 atom stereocenters. The fourth-order valence-corrected chi connectivity index (χ4v) is 8.24. The van der Waals surface area contributed by atoms with Crippen LogP contribution >= 0.6 is 0 Å². The Labute approximate surface area is 173 Å². The predicted octanol–water partition coefficient (Wildman–Crippen LogP) is -0.0347. The summed E-state index contributed by atoms with van der Waals surface area (Å²) in [6, 6.07) is 19.8. The second-order valence-electron chi connectivity index (χ2n) is 8.33. The van der Waals surface area contributed by atoms with E-state index in [4.69, 9.17) is 10.2 Å². The van der Waals surface area contributed by atoms with E-state index in [0.717, 1.165) is 10.4 Å². The minimum absolute atomic E-state index is 0.192. The van der Waals surface area contributed by atoms with E-state index in [0.29, 0.717) is 0 Å². The van der Waals surface area contributed by atoms with E-state index in [-0.39, 0.29) is 18.2 Å². The van der Waals surface area contributed by atoms with Crippen LogP contribution in [0, 0.1) is 0 Å². The summed E-state index contributed by atoms with van der Waals surface area (Å²) in [5.41, 5.74) is 5.34. The molecule has 0 aliphatic carbocycles. The predicted molar refractivity (Wildman–Crippen MR) is 117 cm³/mol. The van der Waals surface area contributed by atoms with E-state index in [9.17, 15) is 20.4 Å². The molecule has 0 aliphatic heterocycles. The quantitative estimate of drug-likeness (QED) is 0.365. The zero-order valence-corrected chi connectivity index (χ0v) is 18.3. The molecule has 0 amide bonds. The van der Waals surface area contributed by atoms with Gasteiger partial charge in [0, 0.05) is 6.54 Å². The Morgan fingerprint density at radius 1 is 0.793 bits per heavy atom. The number of rotatable bonds is 9. The van der Waals surface area contributed by atoms with E-state index in [2.05, 4.69) is 20.8 Å². The van der Waals surface area contributed by atoms with Crippen LogP contribution in [0.4, 0.5) is 0 Å². The van der Waals surface area contributed by atoms with Crippen LogP contribution < -0.4 is 16.1 Å². The molecule has 0 fully saturated rings. The minimum atomic E-state index is -2.87. The van der Waals surface area contributed by atoms with Crippen LogP contribution in [0.1, 0.15) is 20.8 Å². The summed E-state index contributed by atoms with van der Waals surface area (Å²) in [6.07, 6.45) is -5.84. The Kier molecular flexibility index (Phi) is 8.13. The molecule has 6 N–H and O–H groups in total. The van der Waals surface area contributed by atoms with Crippen molar-refractivity contribution in [3.8, 4) is 0 Å². The van der Waals surface area contributed by atoms with Crippen LogP contribution in [0.25, 0.3) is 0 Å². The van der Waals surface area contributed by atoms with Gasteiger partial charge in [0.25, 0.3) is 8.32 Å². The van der Waals surface area contributed by atoms with Crippen molar-refractivity contribution < 1.29 is 24.9 Å². The van der Waals surface area contributed by atoms with Crippen molar-refractivity contribution in [1.29, 1.82) is 0 Å². The third-order valence-electron chi connectivity index (χ3n) is 5.27. The first-order chi connectivity index (χ1) is 13.6. The molecule has 2 rings (SSSR count). The number of aliphatic hydroxyl groups is 4. The number of hydrogen-bond donors (Lipinski definition) is 5. The van der Waals surface area contributed by atoms with Crippen molar-refractivity contribution in [3.05, 3.63) is 60.7 Å². The maximum atomic E-state index is 10.5. The Hall–Kier alpha value is -1.58. The van der Waals surface area contributed by atoms with E-state index >= 15 is 0 Å². The first-order valence-electron chi connectivity index (χ1n) is 9.82. The average Bonchev–Trinajstić information content (AvgIpc) is 2.72. The molecule has 160 valence electrons. The zero-order chi connectivity index (χ0) is 21.7. The largest absolute Gasteiger partial charge is 0.405 e. The molecule has 29 heavy (non-hydrogen) atoms. The minimum Gasteiger partial charge on any atom is -0.405 e. The Morgan fingerprint density at radius 2 is 1.21 bits per heavy atom. The summed E-state index contributed by atoms with van der Waals surface area (Å²) >= 11 is 0. The topological polar surface area (TPSA) is 116 Å². The first-order valence-corrected chi connectivity index (χ1v) is 11.7. The Morgan fingerprint density at radius 3 is 1.59 bits per heavy atom. The molecule has 0 saturated heterocycles. The molecule has 0 radical (unpaired) electrons. The molecular weight excluding hydrogens is 386 g/mol. The van der Waals surface area contributed by atoms with Crippen molar-refractivity contribution >= 4 is 18.7 Å². The SMILES string of the molecule is CC(C)(C)[Si](OC[C@@H](O)[C@@H](O)[C@H](O)[C@@H](O)CN)(c1ccccc1)c1ccccc1. The molecule has 7 heteroatoms. The zero-order valence-electron chi connectivity index (χ0n) is 17.3. The van der Waals surface area contributed by atoms with Crippen LogP contribution in [-0.4, -0.2) is 66.3 Å². The van der Waals surface area contributed by atoms with Gasteiger partial charge in [-0.3, -0.25) is 0 Å². The van der Waals surface area contributed by atoms with Gasteiger partial charge in [0.2, 0.25) is 0 Å². The highest BCUT2D eigenvalue weighted by molar-refractivity contribution is 6.99. The average molecular weight is 420 g/mol. The summed E-state index contributed by atoms with van der Waals surface area (Å²) in [5, 5.41) is 42.2. The summed E-state index contributed by atoms with van der Waals surface area (Å²) < 4.78 is 6.52. The Balaban J connectivity index is 2.41. The van der Waals surface area contributed by atoms with E-state index in [1.165, 1.54) is 0 Å². The van der Waals surface area contributed by atoms with Gasteiger partial charge in [-0.05, 0) is 15.4 Å². The molecule has 0 saturated carbocycles. The number of benzene rings is 2. The molecule has 0 aliphatic rings. The fourth-order valence-electron chi connectivity index (χ4n) is 3.67. The van der Waals surface area contributed by atoms with Crippen LogP contribution in [0.15, 0.2) is 60.7 Å². The third-order valence-corrected chi connectivity index (χ3v) is 10.3. The van der Waals surface area contributed by atoms with Crippen molar-refractivity contribution in [2.75, 3.05) is 13.2 Å². The summed E-state index contributed by atoms with van der Waals surface area (Å²) in [7, 11) is -2.87. The van der Waals surface area contributed by atoms with Gasteiger partial charge in [0.15, 0.2) is 0 Å². The molecule has 2 aromatic rings. The maximum absolute atomic E-state index is 10.5. The molecule has 0 spiro atoms. The molecule has 6 nitrogen and oxygen atoms in total. The lowest BCUT2D eigenvalue weighted by molar-refractivity contribution is -0.111. The highest BCUT2D eigenvalue weighted by Crippen LogP contribution is 2.36. The number of nitrogens with two attached hydrogens (primary N) is 1. The first kappa shape index (κ1) is 23.7. The summed E-state index contributed by atoms with van der Waals surface area (Å²) in [4.78, 5) is 0. The van der Waals surface area contributed by atoms with Gasteiger partial charge in [-0.2, -0.15) is 0 Å². The molecular formula is C22H33NO5Si. The lowest BCUT2D eigenvalue weighted by Gasteiger charge is -2.43. The summed E-state index contributed by atoms with van der Waals surface area (Å²) in [5.74, 6) is 0. The van der Waals surface area contributed by atoms with Gasteiger partial charge in [0.1, 0.15) is 18.3 Å². The van der Waals surface area contributed by atoms with E-state index in [1.807, 2.05) is 60.7 Å². The Bertz CT molecular complexity index is 698. The fraction of sp³-hybridized carbons (Fsp3) is 0.455. The second kappa shape index (κ2) is 9.95. The van der Waals surface area contributed by atoms with Gasteiger partial charge >= 0.3 is 0 Å². The number of aliphatic hydroxyl groups excluding tert-OH is 4. The van der Waals surface area contributed by atoms with Crippen LogP contribution in [-0.2, 0) is 4.43 Å². The normalized spacial score (nSPS) is 16.8. The van der Waals surface area contributed by atoms with Crippen molar-refractivity contribution in [2.24, 2.45) is 5.73 Å². The lowest BCUT2D eigenvalue weighted by atomic mass is 10.0.